The maximum atomic E-state index is 12.2. The van der Waals surface area contributed by atoms with Crippen LogP contribution in [0.15, 0.2) is 53.5 Å². The van der Waals surface area contributed by atoms with Crippen LogP contribution in [0.3, 0.4) is 0 Å². The summed E-state index contributed by atoms with van der Waals surface area (Å²) in [6.45, 7) is 7.79. The predicted octanol–water partition coefficient (Wildman–Crippen LogP) is 9.03. The normalized spacial score (nSPS) is 30.8. The number of hydrogen-bond acceptors (Lipinski definition) is 11. The quantitative estimate of drug-likeness (QED) is 0.122. The second-order valence-corrected chi connectivity index (χ2v) is 21.5. The lowest BCUT2D eigenvalue weighted by Gasteiger charge is -2.42. The van der Waals surface area contributed by atoms with Gasteiger partial charge in [0.05, 0.1) is 19.3 Å². The third kappa shape index (κ3) is 9.38. The van der Waals surface area contributed by atoms with Gasteiger partial charge in [0.1, 0.15) is 29.5 Å². The Morgan fingerprint density at radius 1 is 0.909 bits per heavy atom. The summed E-state index contributed by atoms with van der Waals surface area (Å²) in [4.78, 5) is 4.90. The molecule has 5 aliphatic heterocycles. The van der Waals surface area contributed by atoms with Crippen molar-refractivity contribution in [3.8, 4) is 39.9 Å². The fourth-order valence-corrected chi connectivity index (χ4v) is 13.3. The summed E-state index contributed by atoms with van der Waals surface area (Å²) in [6, 6.07) is 11.4. The third-order valence-electron chi connectivity index (χ3n) is 16.7. The first kappa shape index (κ1) is 46.7. The van der Waals surface area contributed by atoms with Crippen molar-refractivity contribution in [1.82, 2.24) is 5.32 Å². The number of nitrogens with one attached hydrogen (secondary N) is 1. The van der Waals surface area contributed by atoms with Gasteiger partial charge in [-0.2, -0.15) is 0 Å². The van der Waals surface area contributed by atoms with E-state index >= 15 is 0 Å². The molecule has 0 aromatic heterocycles. The van der Waals surface area contributed by atoms with E-state index in [0.29, 0.717) is 91.6 Å². The summed E-state index contributed by atoms with van der Waals surface area (Å²) in [5.41, 5.74) is 13.4. The molecule has 0 amide bonds. The van der Waals surface area contributed by atoms with Gasteiger partial charge >= 0.3 is 0 Å². The largest absolute Gasteiger partial charge is 0.508 e. The molecule has 10 unspecified atom stereocenters. The van der Waals surface area contributed by atoms with Crippen LogP contribution in [-0.2, 0) is 19.3 Å². The van der Waals surface area contributed by atoms with Crippen LogP contribution in [0.2, 0.25) is 0 Å². The fourth-order valence-electron chi connectivity index (χ4n) is 13.3. The smallest absolute Gasteiger partial charge is 0.188 e. The Balaban J connectivity index is 1.14. The molecule has 12 rings (SSSR count). The molecule has 9 aliphatic rings. The van der Waals surface area contributed by atoms with E-state index in [4.69, 9.17) is 24.9 Å². The standard InChI is InChI=1S/C55H75N3O8/c1-5-32-20-34-12-11-33(32)21-39(60)28-55(16-6-7-17-55)30-58-54(56)57-18-15-40-36(29-59)9-8-10-47(40)65-49-25-35(13-14-44(49)61)53-46(63)26-43-48(66-53)27-50(64-4)52-42-23-38(19-31(2)3)45(62)24-37(42)22-41(34)51(43)52/h11-14,23-25,27,31-34,36,39-41,46-47,53,59-63H,5-10,15-22,26,28-30H2,1-4H3,(H3,56,57,58). The van der Waals surface area contributed by atoms with Crippen LogP contribution in [-0.4, -0.2) is 76.6 Å². The minimum Gasteiger partial charge on any atom is -0.508 e. The first-order valence-electron chi connectivity index (χ1n) is 25.3. The van der Waals surface area contributed by atoms with Gasteiger partial charge in [-0.25, -0.2) is 0 Å². The van der Waals surface area contributed by atoms with E-state index in [9.17, 15) is 25.5 Å². The SMILES string of the molecule is CCC1CC2C=CC1CC(O)CC1(CCCC1)CN=C(N)NCCC1C(CO)CCCC1Oc1cc(ccc1O)C1Oc3cc(OC)c4c(c3CC1O)C2Cc1cc(O)c(CC(C)C)cc1-4. The van der Waals surface area contributed by atoms with Gasteiger partial charge in [0.25, 0.3) is 0 Å². The van der Waals surface area contributed by atoms with Crippen molar-refractivity contribution >= 4 is 5.96 Å². The molecule has 11 heteroatoms. The number of nitrogens with zero attached hydrogens (tertiary/aromatic N) is 1. The summed E-state index contributed by atoms with van der Waals surface area (Å²) in [5, 5.41) is 60.7. The molecule has 0 saturated heterocycles. The summed E-state index contributed by atoms with van der Waals surface area (Å²) < 4.78 is 20.0. The molecule has 66 heavy (non-hydrogen) atoms. The number of guanidine groups is 1. The van der Waals surface area contributed by atoms with Crippen LogP contribution in [0.25, 0.3) is 11.1 Å². The topological polar surface area (TPSA) is 179 Å². The molecule has 2 fully saturated rings. The molecule has 8 N–H and O–H groups in total. The molecular formula is C55H75N3O8. The number of methoxy groups -OCH3 is 1. The van der Waals surface area contributed by atoms with E-state index in [-0.39, 0.29) is 53.5 Å². The molecule has 4 aliphatic carbocycles. The van der Waals surface area contributed by atoms with Crippen LogP contribution >= 0.6 is 0 Å². The number of hydrogen-bond donors (Lipinski definition) is 7. The van der Waals surface area contributed by atoms with Crippen molar-refractivity contribution in [2.45, 2.75) is 147 Å². The molecule has 5 heterocycles. The highest BCUT2D eigenvalue weighted by Crippen LogP contribution is 2.56. The van der Waals surface area contributed by atoms with Crippen LogP contribution in [0.1, 0.15) is 138 Å². The summed E-state index contributed by atoms with van der Waals surface area (Å²) in [5.74, 6) is 3.62. The highest BCUT2D eigenvalue weighted by Gasteiger charge is 2.43. The van der Waals surface area contributed by atoms with E-state index in [0.717, 1.165) is 97.6 Å². The van der Waals surface area contributed by atoms with E-state index < -0.39 is 18.3 Å². The van der Waals surface area contributed by atoms with Gasteiger partial charge in [-0.15, -0.1) is 0 Å². The zero-order valence-electron chi connectivity index (χ0n) is 39.7. The molecule has 3 aromatic carbocycles. The summed E-state index contributed by atoms with van der Waals surface area (Å²) >= 11 is 0. The zero-order chi connectivity index (χ0) is 46.3. The number of aromatic hydroxyl groups is 2. The lowest BCUT2D eigenvalue weighted by molar-refractivity contribution is 0.0166. The van der Waals surface area contributed by atoms with E-state index in [2.05, 4.69) is 44.3 Å². The van der Waals surface area contributed by atoms with Gasteiger partial charge in [-0.3, -0.25) is 4.99 Å². The number of aliphatic hydroxyl groups excluding tert-OH is 3. The molecule has 11 nitrogen and oxygen atoms in total. The number of phenolic OH excluding ortho intramolecular Hbond substituents is 2. The van der Waals surface area contributed by atoms with Crippen molar-refractivity contribution in [2.75, 3.05) is 26.8 Å². The van der Waals surface area contributed by atoms with Gasteiger partial charge in [0.2, 0.25) is 0 Å². The third-order valence-corrected chi connectivity index (χ3v) is 16.7. The van der Waals surface area contributed by atoms with Crippen molar-refractivity contribution in [2.24, 2.45) is 51.6 Å². The number of ether oxygens (including phenoxy) is 3. The first-order chi connectivity index (χ1) is 31.9. The number of allylic oxidation sites excluding steroid dienone is 2. The van der Waals surface area contributed by atoms with Gasteiger partial charge in [0, 0.05) is 49.2 Å². The number of fused-ring (bicyclic) bond motifs is 2. The Morgan fingerprint density at radius 2 is 1.71 bits per heavy atom. The fraction of sp³-hybridized carbons (Fsp3) is 0.618. The monoisotopic (exact) mass is 906 g/mol. The minimum atomic E-state index is -0.900. The van der Waals surface area contributed by atoms with Crippen LogP contribution in [0, 0.1) is 40.9 Å². The van der Waals surface area contributed by atoms with Crippen molar-refractivity contribution in [3.63, 3.8) is 0 Å². The minimum absolute atomic E-state index is 0.00357. The maximum absolute atomic E-state index is 12.2. The second-order valence-electron chi connectivity index (χ2n) is 21.5. The number of rotatable bonds is 5. The zero-order valence-corrected chi connectivity index (χ0v) is 39.7. The predicted molar refractivity (Wildman–Crippen MR) is 258 cm³/mol. The Labute approximate surface area is 391 Å². The van der Waals surface area contributed by atoms with Crippen molar-refractivity contribution in [1.29, 1.82) is 0 Å². The summed E-state index contributed by atoms with van der Waals surface area (Å²) in [7, 11) is 1.71. The average Bonchev–Trinajstić information content (AvgIpc) is 3.76. The molecule has 3 aromatic rings. The Morgan fingerprint density at radius 3 is 2.47 bits per heavy atom. The molecular weight excluding hydrogens is 831 g/mol. The number of aliphatic imine (C=N–C) groups is 1. The van der Waals surface area contributed by atoms with Crippen molar-refractivity contribution in [3.05, 3.63) is 76.4 Å². The van der Waals surface area contributed by atoms with E-state index in [1.165, 1.54) is 0 Å². The Bertz CT molecular complexity index is 2270. The molecule has 0 radical (unpaired) electrons. The molecule has 358 valence electrons. The van der Waals surface area contributed by atoms with Crippen molar-refractivity contribution < 1.29 is 39.7 Å². The van der Waals surface area contributed by atoms with Crippen LogP contribution in [0.4, 0.5) is 0 Å². The average molecular weight is 906 g/mol. The molecule has 2 saturated carbocycles. The number of nitrogens with two attached hydrogens (primary N) is 1. The van der Waals surface area contributed by atoms with Gasteiger partial charge in [-0.05, 0) is 164 Å². The molecule has 1 spiro atoms. The highest BCUT2D eigenvalue weighted by molar-refractivity contribution is 5.84. The van der Waals surface area contributed by atoms with E-state index in [1.54, 1.807) is 19.2 Å². The van der Waals surface area contributed by atoms with Crippen LogP contribution < -0.4 is 25.3 Å². The first-order valence-corrected chi connectivity index (χ1v) is 25.3. The van der Waals surface area contributed by atoms with Crippen LogP contribution in [0.5, 0.6) is 28.7 Å². The highest BCUT2D eigenvalue weighted by atomic mass is 16.5. The Hall–Kier alpha value is -4.45. The lowest BCUT2D eigenvalue weighted by Crippen LogP contribution is -2.41. The van der Waals surface area contributed by atoms with Gasteiger partial charge in [0.15, 0.2) is 17.5 Å². The lowest BCUT2D eigenvalue weighted by atomic mass is 9.64. The molecule has 10 atom stereocenters. The van der Waals surface area contributed by atoms with E-state index in [1.807, 2.05) is 18.2 Å². The van der Waals surface area contributed by atoms with Gasteiger partial charge < -0.3 is 50.8 Å². The maximum Gasteiger partial charge on any atom is 0.188 e. The molecule has 8 bridgehead atoms. The van der Waals surface area contributed by atoms with Gasteiger partial charge in [-0.1, -0.05) is 58.3 Å². The number of aliphatic hydroxyl groups is 3. The Kier molecular flexibility index (Phi) is 13.9. The second kappa shape index (κ2) is 19.6. The summed E-state index contributed by atoms with van der Waals surface area (Å²) in [6.07, 6.45) is 15.2. The number of benzene rings is 3. The number of phenols is 2.